The highest BCUT2D eigenvalue weighted by Crippen LogP contribution is 2.41. The van der Waals surface area contributed by atoms with Gasteiger partial charge in [0, 0.05) is 21.6 Å². The maximum atomic E-state index is 13.3. The molecule has 0 amide bonds. The van der Waals surface area contributed by atoms with Crippen molar-refractivity contribution < 1.29 is 9.59 Å². The topological polar surface area (TPSA) is 72.0 Å². The Bertz CT molecular complexity index is 1410. The van der Waals surface area contributed by atoms with Crippen LogP contribution in [0.15, 0.2) is 48.8 Å². The van der Waals surface area contributed by atoms with Gasteiger partial charge in [-0.25, -0.2) is 9.97 Å². The summed E-state index contributed by atoms with van der Waals surface area (Å²) in [6.45, 7) is 2.28. The van der Waals surface area contributed by atoms with Crippen LogP contribution in [-0.4, -0.2) is 21.5 Å². The predicted octanol–water partition coefficient (Wildman–Crippen LogP) is 5.34. The second-order valence-electron chi connectivity index (χ2n) is 8.31. The number of ketones is 2. The third kappa shape index (κ3) is 2.75. The van der Waals surface area contributed by atoms with E-state index in [-0.39, 0.29) is 11.6 Å². The lowest BCUT2D eigenvalue weighted by Crippen LogP contribution is -2.22. The number of carbonyl (C=O) groups is 2. The number of thiophene rings is 1. The van der Waals surface area contributed by atoms with E-state index in [2.05, 4.69) is 22.2 Å². The second kappa shape index (κ2) is 6.82. The van der Waals surface area contributed by atoms with Crippen molar-refractivity contribution in [2.45, 2.75) is 26.2 Å². The van der Waals surface area contributed by atoms with Crippen molar-refractivity contribution in [1.82, 2.24) is 9.97 Å². The van der Waals surface area contributed by atoms with Crippen molar-refractivity contribution in [1.29, 1.82) is 0 Å². The number of hydrogen-bond donors (Lipinski definition) is 1. The molecule has 6 heteroatoms. The fourth-order valence-electron chi connectivity index (χ4n) is 4.75. The molecule has 2 aliphatic carbocycles. The average molecular weight is 426 g/mol. The van der Waals surface area contributed by atoms with Gasteiger partial charge in [-0.05, 0) is 36.8 Å². The normalized spacial score (nSPS) is 17.3. The number of nitrogens with one attached hydrogen (secondary N) is 1. The maximum absolute atomic E-state index is 13.3. The molecule has 152 valence electrons. The Morgan fingerprint density at radius 3 is 2.58 bits per heavy atom. The Balaban J connectivity index is 1.50. The summed E-state index contributed by atoms with van der Waals surface area (Å²) in [5.74, 6) is 1.06. The van der Waals surface area contributed by atoms with Crippen LogP contribution in [0.25, 0.3) is 10.2 Å². The predicted molar refractivity (Wildman–Crippen MR) is 122 cm³/mol. The van der Waals surface area contributed by atoms with Crippen LogP contribution in [-0.2, 0) is 12.8 Å². The molecular formula is C25H19N3O2S. The Morgan fingerprint density at radius 2 is 1.74 bits per heavy atom. The molecule has 0 saturated heterocycles. The molecule has 0 radical (unpaired) electrons. The second-order valence-corrected chi connectivity index (χ2v) is 9.39. The van der Waals surface area contributed by atoms with Crippen LogP contribution in [0.2, 0.25) is 0 Å². The van der Waals surface area contributed by atoms with Crippen LogP contribution >= 0.6 is 11.3 Å². The fraction of sp³-hybridized carbons (Fsp3) is 0.200. The minimum Gasteiger partial charge on any atom is -0.339 e. The number of hydrogen-bond acceptors (Lipinski definition) is 6. The summed E-state index contributed by atoms with van der Waals surface area (Å²) in [5.41, 5.74) is 3.68. The van der Waals surface area contributed by atoms with Crippen molar-refractivity contribution in [3.05, 3.63) is 81.5 Å². The minimum atomic E-state index is -0.139. The number of aromatic nitrogens is 2. The zero-order chi connectivity index (χ0) is 21.1. The highest BCUT2D eigenvalue weighted by Gasteiger charge is 2.32. The lowest BCUT2D eigenvalue weighted by molar-refractivity contribution is 0.0979. The molecule has 2 heterocycles. The summed E-state index contributed by atoms with van der Waals surface area (Å²) in [6.07, 6.45) is 4.84. The van der Waals surface area contributed by atoms with E-state index in [0.29, 0.717) is 39.7 Å². The number of benzene rings is 2. The molecule has 5 nitrogen and oxygen atoms in total. The van der Waals surface area contributed by atoms with Gasteiger partial charge in [0.2, 0.25) is 0 Å². The molecule has 1 N–H and O–H groups in total. The van der Waals surface area contributed by atoms with Crippen LogP contribution in [0.3, 0.4) is 0 Å². The zero-order valence-electron chi connectivity index (χ0n) is 16.9. The summed E-state index contributed by atoms with van der Waals surface area (Å²) < 4.78 is 0. The number of rotatable bonds is 2. The van der Waals surface area contributed by atoms with Crippen molar-refractivity contribution >= 4 is 44.6 Å². The van der Waals surface area contributed by atoms with E-state index in [9.17, 15) is 9.59 Å². The Morgan fingerprint density at radius 1 is 0.968 bits per heavy atom. The Kier molecular flexibility index (Phi) is 4.05. The van der Waals surface area contributed by atoms with Gasteiger partial charge >= 0.3 is 0 Å². The van der Waals surface area contributed by atoms with Gasteiger partial charge in [0.25, 0.3) is 0 Å². The van der Waals surface area contributed by atoms with Crippen molar-refractivity contribution in [3.8, 4) is 0 Å². The smallest absolute Gasteiger partial charge is 0.196 e. The summed E-state index contributed by atoms with van der Waals surface area (Å²) in [7, 11) is 0. The molecule has 2 aromatic carbocycles. The summed E-state index contributed by atoms with van der Waals surface area (Å²) >= 11 is 1.73. The minimum absolute atomic E-state index is 0.122. The molecule has 31 heavy (non-hydrogen) atoms. The van der Waals surface area contributed by atoms with Crippen LogP contribution in [0.1, 0.15) is 55.6 Å². The lowest BCUT2D eigenvalue weighted by Gasteiger charge is -2.21. The largest absolute Gasteiger partial charge is 0.339 e. The van der Waals surface area contributed by atoms with E-state index in [1.807, 2.05) is 12.1 Å². The van der Waals surface area contributed by atoms with E-state index < -0.39 is 0 Å². The molecule has 0 spiro atoms. The number of aryl methyl sites for hydroxylation is 1. The lowest BCUT2D eigenvalue weighted by atomic mass is 9.83. The van der Waals surface area contributed by atoms with E-state index >= 15 is 0 Å². The molecule has 0 bridgehead atoms. The molecule has 1 unspecified atom stereocenters. The van der Waals surface area contributed by atoms with Crippen LogP contribution in [0, 0.1) is 5.92 Å². The van der Waals surface area contributed by atoms with Gasteiger partial charge < -0.3 is 5.32 Å². The fourth-order valence-corrected chi connectivity index (χ4v) is 5.94. The molecule has 1 atom stereocenters. The van der Waals surface area contributed by atoms with Gasteiger partial charge in [-0.15, -0.1) is 11.3 Å². The van der Waals surface area contributed by atoms with Gasteiger partial charge in [-0.3, -0.25) is 9.59 Å². The molecule has 0 saturated carbocycles. The third-order valence-corrected chi connectivity index (χ3v) is 7.49. The number of carbonyl (C=O) groups excluding carboxylic acids is 2. The van der Waals surface area contributed by atoms with Crippen molar-refractivity contribution in [3.63, 3.8) is 0 Å². The van der Waals surface area contributed by atoms with Gasteiger partial charge in [0.15, 0.2) is 11.6 Å². The Labute approximate surface area is 183 Å². The van der Waals surface area contributed by atoms with E-state index in [4.69, 9.17) is 0 Å². The zero-order valence-corrected chi connectivity index (χ0v) is 17.8. The van der Waals surface area contributed by atoms with Gasteiger partial charge in [-0.1, -0.05) is 43.3 Å². The molecule has 2 aromatic heterocycles. The first kappa shape index (κ1) is 18.4. The first-order chi connectivity index (χ1) is 15.1. The van der Waals surface area contributed by atoms with E-state index in [0.717, 1.165) is 23.1 Å². The van der Waals surface area contributed by atoms with Gasteiger partial charge in [0.05, 0.1) is 16.6 Å². The Hall–Kier alpha value is -3.38. The monoisotopic (exact) mass is 425 g/mol. The van der Waals surface area contributed by atoms with Crippen LogP contribution in [0.5, 0.6) is 0 Å². The van der Waals surface area contributed by atoms with Crippen LogP contribution in [0.4, 0.5) is 11.5 Å². The number of anilines is 2. The molecular weight excluding hydrogens is 406 g/mol. The summed E-state index contributed by atoms with van der Waals surface area (Å²) in [5, 5.41) is 4.43. The standard InChI is InChI=1S/C25H19N3O2S/c1-13-9-10-19-17(11-13)21-24(26-12-27-25(21)31-19)28-18-8-4-7-16-20(18)23(30)15-6-3-2-5-14(15)22(16)29/h2-8,12-13H,9-11H2,1H3,(H,26,27,28). The maximum Gasteiger partial charge on any atom is 0.196 e. The molecule has 6 rings (SSSR count). The van der Waals surface area contributed by atoms with Crippen LogP contribution < -0.4 is 5.32 Å². The number of nitrogens with zero attached hydrogens (tertiary/aromatic N) is 2. The highest BCUT2D eigenvalue weighted by molar-refractivity contribution is 7.19. The third-order valence-electron chi connectivity index (χ3n) is 6.29. The summed E-state index contributed by atoms with van der Waals surface area (Å²) in [4.78, 5) is 37.8. The quantitative estimate of drug-likeness (QED) is 0.414. The van der Waals surface area contributed by atoms with Crippen molar-refractivity contribution in [2.75, 3.05) is 5.32 Å². The van der Waals surface area contributed by atoms with Gasteiger partial charge in [-0.2, -0.15) is 0 Å². The number of fused-ring (bicyclic) bond motifs is 5. The summed E-state index contributed by atoms with van der Waals surface area (Å²) in [6, 6.07) is 12.4. The van der Waals surface area contributed by atoms with E-state index in [1.165, 1.54) is 16.9 Å². The first-order valence-corrected chi connectivity index (χ1v) is 11.3. The molecule has 0 aliphatic heterocycles. The highest BCUT2D eigenvalue weighted by atomic mass is 32.1. The van der Waals surface area contributed by atoms with Crippen molar-refractivity contribution in [2.24, 2.45) is 5.92 Å². The molecule has 0 fully saturated rings. The van der Waals surface area contributed by atoms with Gasteiger partial charge in [0.1, 0.15) is 17.0 Å². The first-order valence-electron chi connectivity index (χ1n) is 10.5. The molecule has 2 aliphatic rings. The van der Waals surface area contributed by atoms with E-state index in [1.54, 1.807) is 48.0 Å². The SMILES string of the molecule is CC1CCc2sc3ncnc(Nc4cccc5c4C(=O)c4ccccc4C5=O)c3c2C1. The average Bonchev–Trinajstić information content (AvgIpc) is 3.16. The molecule has 4 aromatic rings.